The molecule has 2 amide bonds. The number of carbonyl (C=O) groups excluding carboxylic acids is 2. The lowest BCUT2D eigenvalue weighted by atomic mass is 10.1. The van der Waals surface area contributed by atoms with Gasteiger partial charge in [0.25, 0.3) is 5.56 Å². The lowest BCUT2D eigenvalue weighted by Crippen LogP contribution is -2.35. The number of ether oxygens (including phenoxy) is 1. The van der Waals surface area contributed by atoms with Crippen molar-refractivity contribution in [3.05, 3.63) is 51.9 Å². The summed E-state index contributed by atoms with van der Waals surface area (Å²) in [6.07, 6.45) is 1.10. The minimum absolute atomic E-state index is 0.135. The maximum atomic E-state index is 13.0. The molecule has 2 aromatic heterocycles. The zero-order chi connectivity index (χ0) is 21.5. The smallest absolute Gasteiger partial charge is 0.407 e. The highest BCUT2D eigenvalue weighted by atomic mass is 32.1. The van der Waals surface area contributed by atoms with E-state index in [4.69, 9.17) is 4.74 Å². The number of amides is 2. The Morgan fingerprint density at radius 2 is 1.90 bits per heavy atom. The van der Waals surface area contributed by atoms with Crippen LogP contribution in [0.5, 0.6) is 0 Å². The molecular formula is C21H24N4O4S. The van der Waals surface area contributed by atoms with Crippen molar-refractivity contribution in [2.24, 2.45) is 0 Å². The number of aromatic nitrogens is 2. The van der Waals surface area contributed by atoms with E-state index in [1.807, 2.05) is 36.6 Å². The molecule has 0 bridgehead atoms. The zero-order valence-corrected chi connectivity index (χ0v) is 17.8. The summed E-state index contributed by atoms with van der Waals surface area (Å²) in [5, 5.41) is 7.74. The molecule has 0 aliphatic rings. The van der Waals surface area contributed by atoms with Gasteiger partial charge in [-0.05, 0) is 19.4 Å². The predicted molar refractivity (Wildman–Crippen MR) is 117 cm³/mol. The summed E-state index contributed by atoms with van der Waals surface area (Å²) in [5.74, 6) is -0.211. The molecule has 0 unspecified atom stereocenters. The van der Waals surface area contributed by atoms with Crippen LogP contribution >= 0.6 is 11.3 Å². The van der Waals surface area contributed by atoms with Crippen LogP contribution in [0.1, 0.15) is 18.9 Å². The number of fused-ring (bicyclic) bond motifs is 1. The van der Waals surface area contributed by atoms with Crippen molar-refractivity contribution < 1.29 is 14.3 Å². The van der Waals surface area contributed by atoms with Crippen molar-refractivity contribution in [2.45, 2.75) is 26.8 Å². The normalized spacial score (nSPS) is 10.7. The second kappa shape index (κ2) is 10.0. The third-order valence-electron chi connectivity index (χ3n) is 4.49. The SMILES string of the molecule is CCOC(=O)NCCNC(=O)CCn1cnc2scc(-c3ccc(C)cc3)c2c1=O. The first-order chi connectivity index (χ1) is 14.5. The van der Waals surface area contributed by atoms with Gasteiger partial charge in [-0.3, -0.25) is 14.2 Å². The predicted octanol–water partition coefficient (Wildman–Crippen LogP) is 2.69. The standard InChI is InChI=1S/C21H24N4O4S/c1-3-29-21(28)23-10-9-22-17(26)8-11-25-13-24-19-18(20(25)27)16(12-30-19)15-6-4-14(2)5-7-15/h4-7,12-13H,3,8-11H2,1-2H3,(H,22,26)(H,23,28). The molecule has 3 rings (SSSR count). The monoisotopic (exact) mass is 428 g/mol. The van der Waals surface area contributed by atoms with E-state index in [-0.39, 0.29) is 37.5 Å². The van der Waals surface area contributed by atoms with Gasteiger partial charge in [-0.1, -0.05) is 29.8 Å². The summed E-state index contributed by atoms with van der Waals surface area (Å²) >= 11 is 1.43. The minimum Gasteiger partial charge on any atom is -0.450 e. The number of carbonyl (C=O) groups is 2. The molecule has 9 heteroatoms. The van der Waals surface area contributed by atoms with Crippen molar-refractivity contribution in [3.63, 3.8) is 0 Å². The van der Waals surface area contributed by atoms with E-state index >= 15 is 0 Å². The van der Waals surface area contributed by atoms with Crippen LogP contribution in [0.2, 0.25) is 0 Å². The molecule has 2 N–H and O–H groups in total. The second-order valence-electron chi connectivity index (χ2n) is 6.69. The Balaban J connectivity index is 1.63. The fourth-order valence-corrected chi connectivity index (χ4v) is 3.84. The highest BCUT2D eigenvalue weighted by Crippen LogP contribution is 2.30. The average molecular weight is 429 g/mol. The number of hydrogen-bond acceptors (Lipinski definition) is 6. The number of benzene rings is 1. The molecule has 0 aliphatic heterocycles. The molecule has 2 heterocycles. The fourth-order valence-electron chi connectivity index (χ4n) is 2.93. The van der Waals surface area contributed by atoms with E-state index < -0.39 is 6.09 Å². The van der Waals surface area contributed by atoms with Crippen LogP contribution in [-0.2, 0) is 16.1 Å². The molecule has 0 fully saturated rings. The number of aryl methyl sites for hydroxylation is 2. The van der Waals surface area contributed by atoms with Gasteiger partial charge in [0.05, 0.1) is 18.3 Å². The molecule has 1 aromatic carbocycles. The van der Waals surface area contributed by atoms with E-state index in [9.17, 15) is 14.4 Å². The summed E-state index contributed by atoms with van der Waals surface area (Å²) in [7, 11) is 0. The number of rotatable bonds is 8. The largest absolute Gasteiger partial charge is 0.450 e. The Labute approximate surface area is 177 Å². The van der Waals surface area contributed by atoms with E-state index in [0.29, 0.717) is 16.8 Å². The van der Waals surface area contributed by atoms with Crippen molar-refractivity contribution >= 4 is 33.6 Å². The van der Waals surface area contributed by atoms with Crippen LogP contribution in [0, 0.1) is 6.92 Å². The van der Waals surface area contributed by atoms with Crippen LogP contribution < -0.4 is 16.2 Å². The topological polar surface area (TPSA) is 102 Å². The Kier molecular flexibility index (Phi) is 7.18. The van der Waals surface area contributed by atoms with Crippen molar-refractivity contribution in [2.75, 3.05) is 19.7 Å². The number of nitrogens with zero attached hydrogens (tertiary/aromatic N) is 2. The molecule has 0 atom stereocenters. The Hall–Kier alpha value is -3.20. The second-order valence-corrected chi connectivity index (χ2v) is 7.54. The van der Waals surface area contributed by atoms with Gasteiger partial charge in [0.1, 0.15) is 4.83 Å². The molecule has 0 saturated carbocycles. The number of alkyl carbamates (subject to hydrolysis) is 1. The van der Waals surface area contributed by atoms with Crippen molar-refractivity contribution in [3.8, 4) is 11.1 Å². The summed E-state index contributed by atoms with van der Waals surface area (Å²) < 4.78 is 6.20. The number of nitrogens with one attached hydrogen (secondary N) is 2. The maximum Gasteiger partial charge on any atom is 0.407 e. The first kappa shape index (κ1) is 21.5. The molecule has 0 spiro atoms. The average Bonchev–Trinajstić information content (AvgIpc) is 3.16. The van der Waals surface area contributed by atoms with E-state index in [2.05, 4.69) is 15.6 Å². The van der Waals surface area contributed by atoms with Gasteiger partial charge in [-0.25, -0.2) is 9.78 Å². The highest BCUT2D eigenvalue weighted by molar-refractivity contribution is 7.17. The molecular weight excluding hydrogens is 404 g/mol. The first-order valence-corrected chi connectivity index (χ1v) is 10.6. The van der Waals surface area contributed by atoms with Crippen LogP contribution in [-0.4, -0.2) is 41.2 Å². The third-order valence-corrected chi connectivity index (χ3v) is 5.38. The van der Waals surface area contributed by atoms with Crippen molar-refractivity contribution in [1.82, 2.24) is 20.2 Å². The Morgan fingerprint density at radius 3 is 2.63 bits per heavy atom. The van der Waals surface area contributed by atoms with Gasteiger partial charge in [-0.2, -0.15) is 0 Å². The molecule has 30 heavy (non-hydrogen) atoms. The minimum atomic E-state index is -0.516. The summed E-state index contributed by atoms with van der Waals surface area (Å²) in [6.45, 7) is 4.80. The maximum absolute atomic E-state index is 13.0. The molecule has 0 saturated heterocycles. The Bertz CT molecular complexity index is 1090. The quantitative estimate of drug-likeness (QED) is 0.537. The first-order valence-electron chi connectivity index (χ1n) is 9.70. The summed E-state index contributed by atoms with van der Waals surface area (Å²) in [6, 6.07) is 8.00. The van der Waals surface area contributed by atoms with Crippen LogP contribution in [0.25, 0.3) is 21.3 Å². The van der Waals surface area contributed by atoms with E-state index in [1.165, 1.54) is 22.2 Å². The fraction of sp³-hybridized carbons (Fsp3) is 0.333. The zero-order valence-electron chi connectivity index (χ0n) is 16.9. The van der Waals surface area contributed by atoms with E-state index in [0.717, 1.165) is 16.7 Å². The third kappa shape index (κ3) is 5.24. The number of hydrogen-bond donors (Lipinski definition) is 2. The summed E-state index contributed by atoms with van der Waals surface area (Å²) in [5.41, 5.74) is 2.82. The Morgan fingerprint density at radius 1 is 1.17 bits per heavy atom. The van der Waals surface area contributed by atoms with Gasteiger partial charge in [0.15, 0.2) is 0 Å². The molecule has 8 nitrogen and oxygen atoms in total. The molecule has 158 valence electrons. The summed E-state index contributed by atoms with van der Waals surface area (Å²) in [4.78, 5) is 41.3. The van der Waals surface area contributed by atoms with E-state index in [1.54, 1.807) is 6.92 Å². The van der Waals surface area contributed by atoms with Gasteiger partial charge in [-0.15, -0.1) is 11.3 Å². The van der Waals surface area contributed by atoms with Crippen LogP contribution in [0.15, 0.2) is 40.8 Å². The lowest BCUT2D eigenvalue weighted by Gasteiger charge is -2.08. The lowest BCUT2D eigenvalue weighted by molar-refractivity contribution is -0.121. The van der Waals surface area contributed by atoms with Crippen LogP contribution in [0.3, 0.4) is 0 Å². The van der Waals surface area contributed by atoms with Crippen LogP contribution in [0.4, 0.5) is 4.79 Å². The van der Waals surface area contributed by atoms with Gasteiger partial charge < -0.3 is 15.4 Å². The number of thiophene rings is 1. The van der Waals surface area contributed by atoms with Crippen molar-refractivity contribution in [1.29, 1.82) is 0 Å². The highest BCUT2D eigenvalue weighted by Gasteiger charge is 2.14. The van der Waals surface area contributed by atoms with Gasteiger partial charge in [0.2, 0.25) is 5.91 Å². The molecule has 0 aliphatic carbocycles. The van der Waals surface area contributed by atoms with Gasteiger partial charge in [0, 0.05) is 37.0 Å². The van der Waals surface area contributed by atoms with Gasteiger partial charge >= 0.3 is 6.09 Å². The molecule has 3 aromatic rings. The molecule has 0 radical (unpaired) electrons.